The van der Waals surface area contributed by atoms with Crippen LogP contribution in [-0.4, -0.2) is 40.2 Å². The van der Waals surface area contributed by atoms with E-state index in [1.807, 2.05) is 6.92 Å². The van der Waals surface area contributed by atoms with Crippen molar-refractivity contribution in [2.75, 3.05) is 23.9 Å². The smallest absolute Gasteiger partial charge is 0.416 e. The zero-order chi connectivity index (χ0) is 23.0. The van der Waals surface area contributed by atoms with Crippen molar-refractivity contribution in [1.29, 1.82) is 0 Å². The third-order valence-electron chi connectivity index (χ3n) is 5.07. The SMILES string of the molecule is COc1ccc(C(=O)Nc2cnn3c2C(=O)N(c2ccc(C(F)(F)F)cc2)C[C@@H]3C)cn1.S. The van der Waals surface area contributed by atoms with Crippen molar-refractivity contribution in [1.82, 2.24) is 14.8 Å². The van der Waals surface area contributed by atoms with Crippen LogP contribution in [0.5, 0.6) is 5.88 Å². The number of hydrogen-bond acceptors (Lipinski definition) is 5. The van der Waals surface area contributed by atoms with E-state index in [2.05, 4.69) is 15.4 Å². The number of methoxy groups -OCH3 is 1. The first-order valence-electron chi connectivity index (χ1n) is 9.57. The van der Waals surface area contributed by atoms with Gasteiger partial charge in [-0.1, -0.05) is 0 Å². The molecule has 174 valence electrons. The van der Waals surface area contributed by atoms with Gasteiger partial charge >= 0.3 is 6.18 Å². The number of ether oxygens (including phenoxy) is 1. The second-order valence-corrected chi connectivity index (χ2v) is 7.20. The predicted octanol–water partition coefficient (Wildman–Crippen LogP) is 3.89. The molecule has 0 fully saturated rings. The minimum absolute atomic E-state index is 0. The Morgan fingerprint density at radius 3 is 2.42 bits per heavy atom. The summed E-state index contributed by atoms with van der Waals surface area (Å²) < 4.78 is 45.1. The number of pyridine rings is 1. The zero-order valence-corrected chi connectivity index (χ0v) is 18.6. The van der Waals surface area contributed by atoms with E-state index in [9.17, 15) is 22.8 Å². The summed E-state index contributed by atoms with van der Waals surface area (Å²) in [6.07, 6.45) is -1.76. The molecule has 3 heterocycles. The molecule has 1 aromatic carbocycles. The van der Waals surface area contributed by atoms with Gasteiger partial charge in [-0.2, -0.15) is 31.8 Å². The van der Waals surface area contributed by atoms with Gasteiger partial charge in [0.25, 0.3) is 11.8 Å². The molecule has 0 saturated carbocycles. The monoisotopic (exact) mass is 479 g/mol. The number of amides is 2. The Kier molecular flexibility index (Phi) is 6.68. The first-order chi connectivity index (χ1) is 15.2. The van der Waals surface area contributed by atoms with Crippen molar-refractivity contribution in [3.05, 3.63) is 65.6 Å². The summed E-state index contributed by atoms with van der Waals surface area (Å²) in [5.41, 5.74) is 0.100. The number of carbonyl (C=O) groups excluding carboxylic acids is 2. The molecule has 8 nitrogen and oxygen atoms in total. The molecule has 0 aliphatic carbocycles. The van der Waals surface area contributed by atoms with Crippen molar-refractivity contribution in [2.24, 2.45) is 0 Å². The van der Waals surface area contributed by atoms with Crippen LogP contribution in [0, 0.1) is 0 Å². The van der Waals surface area contributed by atoms with E-state index in [1.165, 1.54) is 53.4 Å². The van der Waals surface area contributed by atoms with E-state index < -0.39 is 23.6 Å². The van der Waals surface area contributed by atoms with Crippen molar-refractivity contribution in [3.63, 3.8) is 0 Å². The molecule has 1 aliphatic heterocycles. The maximum atomic E-state index is 13.2. The Morgan fingerprint density at radius 2 is 1.85 bits per heavy atom. The van der Waals surface area contributed by atoms with E-state index in [0.29, 0.717) is 11.6 Å². The van der Waals surface area contributed by atoms with E-state index in [4.69, 9.17) is 4.74 Å². The highest BCUT2D eigenvalue weighted by atomic mass is 32.1. The van der Waals surface area contributed by atoms with Crippen LogP contribution in [0.25, 0.3) is 0 Å². The molecular weight excluding hydrogens is 459 g/mol. The van der Waals surface area contributed by atoms with Crippen LogP contribution < -0.4 is 15.0 Å². The number of anilines is 2. The molecule has 4 rings (SSSR count). The lowest BCUT2D eigenvalue weighted by molar-refractivity contribution is -0.137. The number of aromatic nitrogens is 3. The minimum atomic E-state index is -4.47. The molecule has 1 aliphatic rings. The van der Waals surface area contributed by atoms with Gasteiger partial charge in [0, 0.05) is 24.5 Å². The van der Waals surface area contributed by atoms with E-state index >= 15 is 0 Å². The molecular formula is C21H20F3N5O3S. The van der Waals surface area contributed by atoms with Crippen molar-refractivity contribution in [3.8, 4) is 5.88 Å². The molecule has 0 unspecified atom stereocenters. The fourth-order valence-electron chi connectivity index (χ4n) is 3.44. The van der Waals surface area contributed by atoms with E-state index in [1.54, 1.807) is 0 Å². The molecule has 1 N–H and O–H groups in total. The fraction of sp³-hybridized carbons (Fsp3) is 0.238. The highest BCUT2D eigenvalue weighted by Crippen LogP contribution is 2.33. The molecule has 2 aromatic heterocycles. The number of alkyl halides is 3. The lowest BCUT2D eigenvalue weighted by atomic mass is 10.1. The van der Waals surface area contributed by atoms with Crippen LogP contribution in [0.15, 0.2) is 48.8 Å². The Labute approximate surface area is 193 Å². The first kappa shape index (κ1) is 24.1. The molecule has 0 bridgehead atoms. The number of rotatable bonds is 4. The van der Waals surface area contributed by atoms with Gasteiger partial charge in [0.1, 0.15) is 0 Å². The Balaban J connectivity index is 0.00000306. The van der Waals surface area contributed by atoms with E-state index in [-0.39, 0.29) is 43.0 Å². The van der Waals surface area contributed by atoms with Gasteiger partial charge in [-0.25, -0.2) is 4.98 Å². The molecule has 33 heavy (non-hydrogen) atoms. The number of nitrogens with one attached hydrogen (secondary N) is 1. The second kappa shape index (κ2) is 9.14. The lowest BCUT2D eigenvalue weighted by Crippen LogP contribution is -2.43. The summed E-state index contributed by atoms with van der Waals surface area (Å²) in [5.74, 6) is -0.632. The molecule has 12 heteroatoms. The van der Waals surface area contributed by atoms with Gasteiger partial charge in [0.2, 0.25) is 5.88 Å². The number of fused-ring (bicyclic) bond motifs is 1. The van der Waals surface area contributed by atoms with Crippen molar-refractivity contribution >= 4 is 36.7 Å². The number of halogens is 3. The van der Waals surface area contributed by atoms with Crippen LogP contribution in [0.2, 0.25) is 0 Å². The third-order valence-corrected chi connectivity index (χ3v) is 5.07. The normalized spacial score (nSPS) is 15.5. The topological polar surface area (TPSA) is 89.3 Å². The lowest BCUT2D eigenvalue weighted by Gasteiger charge is -2.32. The minimum Gasteiger partial charge on any atom is -0.481 e. The van der Waals surface area contributed by atoms with Gasteiger partial charge in [-0.15, -0.1) is 0 Å². The Morgan fingerprint density at radius 1 is 1.15 bits per heavy atom. The van der Waals surface area contributed by atoms with Gasteiger partial charge in [-0.3, -0.25) is 14.3 Å². The average Bonchev–Trinajstić information content (AvgIpc) is 3.20. The maximum Gasteiger partial charge on any atom is 0.416 e. The third kappa shape index (κ3) is 4.65. The quantitative estimate of drug-likeness (QED) is 0.613. The summed E-state index contributed by atoms with van der Waals surface area (Å²) in [7, 11) is 1.45. The van der Waals surface area contributed by atoms with Crippen molar-refractivity contribution in [2.45, 2.75) is 19.1 Å². The van der Waals surface area contributed by atoms with E-state index in [0.717, 1.165) is 12.1 Å². The van der Waals surface area contributed by atoms with Crippen LogP contribution in [0.3, 0.4) is 0 Å². The molecule has 0 spiro atoms. The van der Waals surface area contributed by atoms with Crippen LogP contribution in [-0.2, 0) is 6.18 Å². The zero-order valence-electron chi connectivity index (χ0n) is 17.6. The molecule has 3 aromatic rings. The summed E-state index contributed by atoms with van der Waals surface area (Å²) in [4.78, 5) is 31.1. The van der Waals surface area contributed by atoms with Gasteiger partial charge < -0.3 is 15.0 Å². The molecule has 0 radical (unpaired) electrons. The Bertz CT molecular complexity index is 1160. The number of nitrogens with zero attached hydrogens (tertiary/aromatic N) is 4. The summed E-state index contributed by atoms with van der Waals surface area (Å²) >= 11 is 0. The fourth-order valence-corrected chi connectivity index (χ4v) is 3.44. The standard InChI is InChI=1S/C21H18F3N5O3.H2S/c1-12-11-28(15-6-4-14(5-7-15)21(22,23)24)20(31)18-16(10-26-29(12)18)27-19(30)13-3-8-17(32-2)25-9-13;/h3-10,12H,11H2,1-2H3,(H,27,30);1H2/t12-;/m0./s1. The Hall–Kier alpha value is -3.54. The average molecular weight is 479 g/mol. The largest absolute Gasteiger partial charge is 0.481 e. The highest BCUT2D eigenvalue weighted by molar-refractivity contribution is 7.59. The number of carbonyl (C=O) groups is 2. The highest BCUT2D eigenvalue weighted by Gasteiger charge is 2.35. The summed E-state index contributed by atoms with van der Waals surface area (Å²) in [5, 5.41) is 6.86. The molecule has 0 saturated heterocycles. The van der Waals surface area contributed by atoms with Gasteiger partial charge in [-0.05, 0) is 37.3 Å². The maximum absolute atomic E-state index is 13.2. The second-order valence-electron chi connectivity index (χ2n) is 7.20. The predicted molar refractivity (Wildman–Crippen MR) is 119 cm³/mol. The number of hydrogen-bond donors (Lipinski definition) is 1. The van der Waals surface area contributed by atoms with Crippen LogP contribution in [0.4, 0.5) is 24.5 Å². The summed E-state index contributed by atoms with van der Waals surface area (Å²) in [6, 6.07) is 7.15. The number of benzene rings is 1. The molecule has 1 atom stereocenters. The van der Waals surface area contributed by atoms with Gasteiger partial charge in [0.05, 0.1) is 36.2 Å². The van der Waals surface area contributed by atoms with Gasteiger partial charge in [0.15, 0.2) is 5.69 Å². The first-order valence-corrected chi connectivity index (χ1v) is 9.57. The summed E-state index contributed by atoms with van der Waals surface area (Å²) in [6.45, 7) is 2.04. The molecule has 2 amide bonds. The van der Waals surface area contributed by atoms with Crippen LogP contribution in [0.1, 0.15) is 39.4 Å². The van der Waals surface area contributed by atoms with Crippen molar-refractivity contribution < 1.29 is 27.5 Å². The van der Waals surface area contributed by atoms with Crippen LogP contribution >= 0.6 is 13.5 Å².